The van der Waals surface area contributed by atoms with Crippen LogP contribution in [0.25, 0.3) is 22.4 Å². The molecule has 2 fully saturated rings. The number of rotatable bonds is 4. The quantitative estimate of drug-likeness (QED) is 0.637. The molecule has 0 N–H and O–H groups in total. The van der Waals surface area contributed by atoms with Crippen molar-refractivity contribution in [2.75, 3.05) is 38.2 Å². The highest BCUT2D eigenvalue weighted by molar-refractivity contribution is 5.98. The molecule has 1 aromatic carbocycles. The third-order valence-electron chi connectivity index (χ3n) is 6.43. The third-order valence-corrected chi connectivity index (χ3v) is 6.43. The number of carbonyl (C=O) groups is 1. The number of ether oxygens (including phenoxy) is 1. The summed E-state index contributed by atoms with van der Waals surface area (Å²) in [7, 11) is 1.64. The predicted octanol–water partition coefficient (Wildman–Crippen LogP) is 3.52. The highest BCUT2D eigenvalue weighted by atomic mass is 16.5. The molecule has 2 saturated heterocycles. The number of aromatic nitrogens is 3. The molecule has 2 aliphatic rings. The van der Waals surface area contributed by atoms with Crippen LogP contribution in [0, 0.1) is 5.92 Å². The summed E-state index contributed by atoms with van der Waals surface area (Å²) < 4.78 is 10.8. The first-order valence-corrected chi connectivity index (χ1v) is 11.0. The Labute approximate surface area is 181 Å². The molecule has 0 spiro atoms. The van der Waals surface area contributed by atoms with Crippen molar-refractivity contribution in [1.29, 1.82) is 0 Å². The molecule has 3 aromatic rings. The second kappa shape index (κ2) is 8.53. The number of hydrogen-bond acceptors (Lipinski definition) is 7. The highest BCUT2D eigenvalue weighted by Crippen LogP contribution is 2.35. The number of hydrogen-bond donors (Lipinski definition) is 0. The van der Waals surface area contributed by atoms with E-state index in [0.29, 0.717) is 11.6 Å². The van der Waals surface area contributed by atoms with E-state index in [0.717, 1.165) is 80.1 Å². The molecule has 0 aliphatic carbocycles. The van der Waals surface area contributed by atoms with Crippen LogP contribution in [0.5, 0.6) is 5.75 Å². The molecule has 8 nitrogen and oxygen atoms in total. The maximum Gasteiger partial charge on any atom is 0.263 e. The zero-order chi connectivity index (χ0) is 21.2. The summed E-state index contributed by atoms with van der Waals surface area (Å²) in [6, 6.07) is 7.71. The summed E-state index contributed by atoms with van der Waals surface area (Å²) in [6.45, 7) is 3.39. The molecule has 0 saturated carbocycles. The van der Waals surface area contributed by atoms with Crippen molar-refractivity contribution in [3.8, 4) is 17.0 Å². The van der Waals surface area contributed by atoms with Gasteiger partial charge in [0.25, 0.3) is 5.71 Å². The summed E-state index contributed by atoms with van der Waals surface area (Å²) in [4.78, 5) is 26.0. The van der Waals surface area contributed by atoms with Gasteiger partial charge in [0, 0.05) is 37.7 Å². The largest absolute Gasteiger partial charge is 0.497 e. The minimum Gasteiger partial charge on any atom is -0.497 e. The van der Waals surface area contributed by atoms with Crippen LogP contribution >= 0.6 is 0 Å². The highest BCUT2D eigenvalue weighted by Gasteiger charge is 2.31. The molecule has 31 heavy (non-hydrogen) atoms. The number of nitrogens with zero attached hydrogens (tertiary/aromatic N) is 5. The number of likely N-dealkylation sites (tertiary alicyclic amines) is 1. The van der Waals surface area contributed by atoms with Crippen LogP contribution < -0.4 is 9.64 Å². The number of benzene rings is 1. The van der Waals surface area contributed by atoms with Crippen molar-refractivity contribution in [2.45, 2.75) is 32.1 Å². The van der Waals surface area contributed by atoms with Crippen LogP contribution in [0.3, 0.4) is 0 Å². The van der Waals surface area contributed by atoms with Gasteiger partial charge in [-0.2, -0.15) is 4.98 Å². The minimum absolute atomic E-state index is 0.107. The monoisotopic (exact) mass is 421 g/mol. The second-order valence-corrected chi connectivity index (χ2v) is 8.28. The Bertz CT molecular complexity index is 1050. The van der Waals surface area contributed by atoms with Crippen molar-refractivity contribution < 1.29 is 14.1 Å². The minimum atomic E-state index is 0.107. The van der Waals surface area contributed by atoms with E-state index in [1.807, 2.05) is 24.3 Å². The van der Waals surface area contributed by atoms with Gasteiger partial charge in [-0.3, -0.25) is 4.79 Å². The molecule has 0 unspecified atom stereocenters. The molecule has 0 bridgehead atoms. The second-order valence-electron chi connectivity index (χ2n) is 8.28. The van der Waals surface area contributed by atoms with Crippen molar-refractivity contribution in [3.05, 3.63) is 30.6 Å². The van der Waals surface area contributed by atoms with Crippen LogP contribution in [0.2, 0.25) is 0 Å². The number of piperidine rings is 2. The summed E-state index contributed by atoms with van der Waals surface area (Å²) >= 11 is 0. The lowest BCUT2D eigenvalue weighted by Gasteiger charge is -2.36. The summed E-state index contributed by atoms with van der Waals surface area (Å²) in [6.07, 6.45) is 6.69. The molecule has 1 amide bonds. The lowest BCUT2D eigenvalue weighted by molar-refractivity contribution is -0.137. The fraction of sp³-hybridized carbons (Fsp3) is 0.478. The molecule has 0 atom stereocenters. The number of fused-ring (bicyclic) bond motifs is 1. The van der Waals surface area contributed by atoms with Gasteiger partial charge in [0.05, 0.1) is 7.11 Å². The number of carbonyl (C=O) groups excluding carboxylic acids is 1. The molecule has 162 valence electrons. The maximum absolute atomic E-state index is 12.9. The van der Waals surface area contributed by atoms with E-state index in [4.69, 9.17) is 9.26 Å². The van der Waals surface area contributed by atoms with E-state index in [1.54, 1.807) is 7.11 Å². The van der Waals surface area contributed by atoms with Gasteiger partial charge in [-0.1, -0.05) is 5.16 Å². The average molecular weight is 422 g/mol. The number of methoxy groups -OCH3 is 1. The molecule has 0 radical (unpaired) electrons. The topological polar surface area (TPSA) is 84.6 Å². The lowest BCUT2D eigenvalue weighted by Crippen LogP contribution is -2.44. The first-order valence-electron chi connectivity index (χ1n) is 11.0. The first-order chi connectivity index (χ1) is 15.2. The Kier molecular flexibility index (Phi) is 5.44. The molecule has 4 heterocycles. The van der Waals surface area contributed by atoms with Gasteiger partial charge in [-0.25, -0.2) is 4.98 Å². The summed E-state index contributed by atoms with van der Waals surface area (Å²) in [5, 5.41) is 5.09. The number of anilines is 1. The van der Waals surface area contributed by atoms with E-state index >= 15 is 0 Å². The Hall–Kier alpha value is -3.16. The third kappa shape index (κ3) is 3.82. The normalized spacial score (nSPS) is 17.8. The van der Waals surface area contributed by atoms with E-state index in [-0.39, 0.29) is 5.92 Å². The predicted molar refractivity (Wildman–Crippen MR) is 117 cm³/mol. The van der Waals surface area contributed by atoms with E-state index in [1.165, 1.54) is 12.7 Å². The van der Waals surface area contributed by atoms with E-state index < -0.39 is 0 Å². The van der Waals surface area contributed by atoms with Gasteiger partial charge in [0.15, 0.2) is 0 Å². The van der Waals surface area contributed by atoms with Gasteiger partial charge in [0.2, 0.25) is 5.91 Å². The first kappa shape index (κ1) is 19.8. The van der Waals surface area contributed by atoms with Crippen molar-refractivity contribution in [1.82, 2.24) is 20.0 Å². The van der Waals surface area contributed by atoms with Crippen LogP contribution in [0.15, 0.2) is 35.1 Å². The Morgan fingerprint density at radius 2 is 1.77 bits per heavy atom. The molecule has 8 heteroatoms. The molecule has 2 aromatic heterocycles. The Morgan fingerprint density at radius 3 is 2.48 bits per heavy atom. The maximum atomic E-state index is 12.9. The van der Waals surface area contributed by atoms with Crippen molar-refractivity contribution >= 4 is 22.8 Å². The molecular weight excluding hydrogens is 394 g/mol. The lowest BCUT2D eigenvalue weighted by atomic mass is 9.94. The van der Waals surface area contributed by atoms with E-state index in [2.05, 4.69) is 24.9 Å². The average Bonchev–Trinajstić information content (AvgIpc) is 3.29. The van der Waals surface area contributed by atoms with Gasteiger partial charge in [0.1, 0.15) is 29.0 Å². The zero-order valence-corrected chi connectivity index (χ0v) is 17.8. The van der Waals surface area contributed by atoms with Crippen LogP contribution in [0.1, 0.15) is 32.1 Å². The van der Waals surface area contributed by atoms with Crippen LogP contribution in [-0.2, 0) is 4.79 Å². The van der Waals surface area contributed by atoms with Gasteiger partial charge in [-0.15, -0.1) is 0 Å². The van der Waals surface area contributed by atoms with Gasteiger partial charge < -0.3 is 19.1 Å². The Morgan fingerprint density at radius 1 is 1.03 bits per heavy atom. The standard InChI is InChI=1S/C23H27N5O3/c1-30-18-7-5-16(6-8-18)20-19-21(24-15-25-22(19)31-26-20)27-13-9-17(10-14-27)23(29)28-11-3-2-4-12-28/h5-8,15,17H,2-4,9-14H2,1H3. The van der Waals surface area contributed by atoms with Crippen LogP contribution in [0.4, 0.5) is 5.82 Å². The molecule has 5 rings (SSSR count). The van der Waals surface area contributed by atoms with Crippen molar-refractivity contribution in [2.24, 2.45) is 5.92 Å². The van der Waals surface area contributed by atoms with Gasteiger partial charge >= 0.3 is 0 Å². The fourth-order valence-corrected chi connectivity index (χ4v) is 4.67. The fourth-order valence-electron chi connectivity index (χ4n) is 4.67. The Balaban J connectivity index is 1.37. The van der Waals surface area contributed by atoms with Gasteiger partial charge in [-0.05, 0) is 56.4 Å². The van der Waals surface area contributed by atoms with E-state index in [9.17, 15) is 4.79 Å². The molecule has 2 aliphatic heterocycles. The summed E-state index contributed by atoms with van der Waals surface area (Å²) in [5.74, 6) is 2.04. The van der Waals surface area contributed by atoms with Crippen molar-refractivity contribution in [3.63, 3.8) is 0 Å². The smallest absolute Gasteiger partial charge is 0.263 e. The summed E-state index contributed by atoms with van der Waals surface area (Å²) in [5.41, 5.74) is 2.12. The van der Waals surface area contributed by atoms with Crippen LogP contribution in [-0.4, -0.2) is 59.2 Å². The number of amides is 1. The zero-order valence-electron chi connectivity index (χ0n) is 17.8. The SMILES string of the molecule is COc1ccc(-c2noc3ncnc(N4CCC(C(=O)N5CCCCC5)CC4)c23)cc1. The molecular formula is C23H27N5O3.